The number of aliphatic hydroxyl groups excluding tert-OH is 7. The maximum Gasteiger partial charge on any atom is 0.331 e. The number of phenols is 2. The lowest BCUT2D eigenvalue weighted by Gasteiger charge is -2.50. The van der Waals surface area contributed by atoms with E-state index in [0.29, 0.717) is 12.3 Å². The highest BCUT2D eigenvalue weighted by Gasteiger charge is 2.62. The lowest BCUT2D eigenvalue weighted by Crippen LogP contribution is -2.67. The van der Waals surface area contributed by atoms with Crippen LogP contribution in [-0.2, 0) is 40.9 Å². The van der Waals surface area contributed by atoms with Gasteiger partial charge in [-0.15, -0.1) is 0 Å². The van der Waals surface area contributed by atoms with Crippen LogP contribution in [-0.4, -0.2) is 126 Å². The van der Waals surface area contributed by atoms with Crippen LogP contribution in [0.25, 0.3) is 0 Å². The minimum Gasteiger partial charge on any atom is -0.508 e. The lowest BCUT2D eigenvalue weighted by molar-refractivity contribution is -0.395. The molecule has 0 aromatic heterocycles. The second-order valence-corrected chi connectivity index (χ2v) is 13.8. The summed E-state index contributed by atoms with van der Waals surface area (Å²) in [6.07, 6.45) is -1.72. The van der Waals surface area contributed by atoms with Gasteiger partial charge in [0.05, 0.1) is 31.5 Å². The monoisotopic (exact) mass is 738 g/mol. The van der Waals surface area contributed by atoms with Crippen molar-refractivity contribution in [1.29, 1.82) is 0 Å². The number of ether oxygens (including phenoxy) is 5. The zero-order chi connectivity index (χ0) is 38.2. The lowest BCUT2D eigenvalue weighted by atomic mass is 9.86. The van der Waals surface area contributed by atoms with Crippen molar-refractivity contribution in [2.45, 2.75) is 126 Å². The number of fused-ring (bicyclic) bond motifs is 2. The van der Waals surface area contributed by atoms with Gasteiger partial charge in [0.25, 0.3) is 0 Å². The van der Waals surface area contributed by atoms with Crippen molar-refractivity contribution in [3.8, 4) is 11.5 Å². The second-order valence-electron chi connectivity index (χ2n) is 13.8. The molecule has 1 spiro atoms. The molecule has 0 amide bonds. The number of hydrogen-bond donors (Lipinski definition) is 9. The Morgan fingerprint density at radius 2 is 1.73 bits per heavy atom. The number of hydrogen-bond acceptors (Lipinski definition) is 15. The number of carbonyl (C=O) groups is 1. The molecule has 3 heterocycles. The van der Waals surface area contributed by atoms with Gasteiger partial charge >= 0.3 is 5.97 Å². The molecule has 2 fully saturated rings. The third-order valence-electron chi connectivity index (χ3n) is 9.92. The fourth-order valence-electron chi connectivity index (χ4n) is 6.56. The summed E-state index contributed by atoms with van der Waals surface area (Å²) in [4.78, 5) is 13.2. The molecule has 0 aliphatic carbocycles. The van der Waals surface area contributed by atoms with E-state index in [1.54, 1.807) is 12.2 Å². The first kappa shape index (κ1) is 41.8. The molecule has 2 saturated heterocycles. The van der Waals surface area contributed by atoms with Crippen molar-refractivity contribution >= 4 is 5.97 Å². The Labute approximate surface area is 303 Å². The summed E-state index contributed by atoms with van der Waals surface area (Å²) in [6, 6.07) is 2.28. The number of aliphatic hydroxyl groups is 7. The first-order chi connectivity index (χ1) is 24.8. The van der Waals surface area contributed by atoms with Crippen molar-refractivity contribution in [1.82, 2.24) is 0 Å². The van der Waals surface area contributed by atoms with Gasteiger partial charge in [-0.3, -0.25) is 0 Å². The normalized spacial score (nSPS) is 33.9. The van der Waals surface area contributed by atoms with Crippen molar-refractivity contribution in [2.24, 2.45) is 11.8 Å². The highest BCUT2D eigenvalue weighted by molar-refractivity contribution is 5.82. The van der Waals surface area contributed by atoms with E-state index in [2.05, 4.69) is 26.0 Å². The molecular formula is C37H54O15. The molecule has 0 bridgehead atoms. The Morgan fingerprint density at radius 3 is 2.42 bits per heavy atom. The number of carbonyl (C=O) groups excluding carboxylic acids is 1. The number of aromatic hydroxyl groups is 2. The number of esters is 1. The highest BCUT2D eigenvalue weighted by Crippen LogP contribution is 2.51. The second kappa shape index (κ2) is 18.9. The molecule has 52 heavy (non-hydrogen) atoms. The van der Waals surface area contributed by atoms with E-state index < -0.39 is 91.9 Å². The molecular weight excluding hydrogens is 684 g/mol. The minimum atomic E-state index is -2.22. The first-order valence-corrected chi connectivity index (χ1v) is 17.8. The molecule has 0 saturated carbocycles. The molecule has 292 valence electrons. The van der Waals surface area contributed by atoms with Gasteiger partial charge in [-0.2, -0.15) is 0 Å². The summed E-state index contributed by atoms with van der Waals surface area (Å²) in [5, 5.41) is 94.3. The largest absolute Gasteiger partial charge is 0.508 e. The molecule has 15 heteroatoms. The third-order valence-corrected chi connectivity index (χ3v) is 9.92. The maximum absolute atomic E-state index is 13.2. The summed E-state index contributed by atoms with van der Waals surface area (Å²) in [5.74, 6) is -3.41. The van der Waals surface area contributed by atoms with E-state index in [1.165, 1.54) is 12.1 Å². The molecule has 15 nitrogen and oxygen atoms in total. The topological polar surface area (TPSA) is 245 Å². The Bertz CT molecular complexity index is 1400. The van der Waals surface area contributed by atoms with Gasteiger partial charge in [0.15, 0.2) is 18.5 Å². The first-order valence-electron chi connectivity index (χ1n) is 17.8. The number of allylic oxidation sites excluding steroid dienone is 4. The highest BCUT2D eigenvalue weighted by atomic mass is 16.8. The Morgan fingerprint density at radius 1 is 1.00 bits per heavy atom. The van der Waals surface area contributed by atoms with E-state index in [1.807, 2.05) is 6.92 Å². The summed E-state index contributed by atoms with van der Waals surface area (Å²) in [7, 11) is 0. The van der Waals surface area contributed by atoms with E-state index in [4.69, 9.17) is 23.7 Å². The van der Waals surface area contributed by atoms with Crippen LogP contribution in [0.1, 0.15) is 64.0 Å². The van der Waals surface area contributed by atoms with E-state index in [9.17, 15) is 50.8 Å². The molecule has 3 aliphatic heterocycles. The Hall–Kier alpha value is -2.93. The molecule has 13 atom stereocenters. The van der Waals surface area contributed by atoms with E-state index >= 15 is 0 Å². The Balaban J connectivity index is 1.49. The van der Waals surface area contributed by atoms with Crippen LogP contribution in [0.3, 0.4) is 0 Å². The SMILES string of the molecule is CC[C@H](C)/C=C/CCC[C@@H](C)[C@@H](O)C/C=C/C=C/C(=O)O[C@@H]1[C@@H](O[C@@H]2O[C@@H](CO)[C@H](O)[C@@H](O)[C@@H]2O)[C@@H](CO)O[C@]2(OCc3cc(O)cc(O)c32)[C@H]1O. The Kier molecular flexibility index (Phi) is 15.2. The minimum absolute atomic E-state index is 0.0596. The molecule has 1 aromatic rings. The van der Waals surface area contributed by atoms with E-state index in [0.717, 1.165) is 37.8 Å². The average molecular weight is 739 g/mol. The van der Waals surface area contributed by atoms with Gasteiger partial charge in [-0.25, -0.2) is 4.79 Å². The van der Waals surface area contributed by atoms with Crippen molar-refractivity contribution in [2.75, 3.05) is 13.2 Å². The van der Waals surface area contributed by atoms with Crippen LogP contribution in [0.5, 0.6) is 11.5 Å². The van der Waals surface area contributed by atoms with Gasteiger partial charge < -0.3 is 69.6 Å². The molecule has 0 radical (unpaired) electrons. The van der Waals surface area contributed by atoms with Crippen LogP contribution >= 0.6 is 0 Å². The smallest absolute Gasteiger partial charge is 0.331 e. The standard InChI is InChI=1S/C37H54O15/c1-4-20(2)11-7-5-8-12-21(3)24(41)13-9-6-10-14-28(43)50-34-33(51-36-32(46)31(45)30(44)26(17-38)49-36)27(18-39)52-37(35(34)47)29-22(19-48-37)15-23(40)16-25(29)42/h6-7,9-11,14-16,20-21,24,26-27,30-36,38-42,44-47H,4-5,8,12-13,17-19H2,1-3H3/b9-6+,11-7+,14-10+/t20-,21+,24-,26-,27+,30-,31+,32-,33-,34+,35-,36-,37-/m0/s1. The number of unbranched alkanes of at least 4 members (excludes halogenated alkanes) is 1. The molecule has 9 N–H and O–H groups in total. The van der Waals surface area contributed by atoms with Gasteiger partial charge in [-0.1, -0.05) is 57.6 Å². The number of phenolic OH excluding ortho intramolecular Hbond substituents is 2. The fraction of sp³-hybridized carbons (Fsp3) is 0.649. The molecule has 3 aliphatic rings. The quantitative estimate of drug-likeness (QED) is 0.0376. The van der Waals surface area contributed by atoms with Crippen LogP contribution in [0.15, 0.2) is 48.6 Å². The summed E-state index contributed by atoms with van der Waals surface area (Å²) >= 11 is 0. The summed E-state index contributed by atoms with van der Waals surface area (Å²) < 4.78 is 28.8. The van der Waals surface area contributed by atoms with Gasteiger partial charge in [0.2, 0.25) is 5.79 Å². The molecule has 1 aromatic carbocycles. The summed E-state index contributed by atoms with van der Waals surface area (Å²) in [5.41, 5.74) is 0.156. The summed E-state index contributed by atoms with van der Waals surface area (Å²) in [6.45, 7) is 4.44. The third kappa shape index (κ3) is 9.59. The van der Waals surface area contributed by atoms with Crippen molar-refractivity contribution in [3.63, 3.8) is 0 Å². The van der Waals surface area contributed by atoms with Gasteiger partial charge in [-0.05, 0) is 49.1 Å². The maximum atomic E-state index is 13.2. The van der Waals surface area contributed by atoms with Crippen LogP contribution in [0.4, 0.5) is 0 Å². The molecule has 4 rings (SSSR count). The van der Waals surface area contributed by atoms with Crippen LogP contribution < -0.4 is 0 Å². The van der Waals surface area contributed by atoms with Crippen LogP contribution in [0.2, 0.25) is 0 Å². The molecule has 0 unspecified atom stereocenters. The average Bonchev–Trinajstić information content (AvgIpc) is 3.49. The predicted octanol–water partition coefficient (Wildman–Crippen LogP) is 0.902. The van der Waals surface area contributed by atoms with E-state index in [-0.39, 0.29) is 29.4 Å². The number of rotatable bonds is 16. The predicted molar refractivity (Wildman–Crippen MR) is 183 cm³/mol. The number of benzene rings is 1. The van der Waals surface area contributed by atoms with Gasteiger partial charge in [0.1, 0.15) is 48.1 Å². The zero-order valence-electron chi connectivity index (χ0n) is 29.7. The van der Waals surface area contributed by atoms with Crippen molar-refractivity contribution < 1.29 is 74.4 Å². The van der Waals surface area contributed by atoms with Gasteiger partial charge in [0, 0.05) is 12.1 Å². The van der Waals surface area contributed by atoms with Crippen LogP contribution in [0, 0.1) is 11.8 Å². The zero-order valence-corrected chi connectivity index (χ0v) is 29.7. The van der Waals surface area contributed by atoms with Crippen molar-refractivity contribution in [3.05, 3.63) is 59.7 Å². The fourth-order valence-corrected chi connectivity index (χ4v) is 6.56.